The lowest BCUT2D eigenvalue weighted by Gasteiger charge is -2.07. The Morgan fingerprint density at radius 2 is 1.78 bits per heavy atom. The fourth-order valence-electron chi connectivity index (χ4n) is 1.61. The van der Waals surface area contributed by atoms with Crippen molar-refractivity contribution in [3.63, 3.8) is 0 Å². The zero-order valence-electron chi connectivity index (χ0n) is 9.51. The van der Waals surface area contributed by atoms with Crippen molar-refractivity contribution in [1.29, 1.82) is 0 Å². The lowest BCUT2D eigenvalue weighted by molar-refractivity contribution is 0.595. The molecule has 0 aromatic heterocycles. The van der Waals surface area contributed by atoms with Gasteiger partial charge < -0.3 is 5.73 Å². The summed E-state index contributed by atoms with van der Waals surface area (Å²) in [5, 5.41) is 0. The quantitative estimate of drug-likeness (QED) is 0.882. The van der Waals surface area contributed by atoms with E-state index in [-0.39, 0.29) is 5.75 Å². The van der Waals surface area contributed by atoms with Gasteiger partial charge in [-0.3, -0.25) is 0 Å². The van der Waals surface area contributed by atoms with Crippen molar-refractivity contribution in [3.8, 4) is 0 Å². The van der Waals surface area contributed by atoms with Crippen LogP contribution in [0.25, 0.3) is 0 Å². The second-order valence-electron chi connectivity index (χ2n) is 3.92. The van der Waals surface area contributed by atoms with E-state index in [1.165, 1.54) is 0 Å². The maximum Gasteiger partial charge on any atom is 0.182 e. The SMILES string of the molecule is Nc1ccccc1CS(=O)(=O)c1cccc(Br)c1. The molecule has 2 aromatic carbocycles. The highest BCUT2D eigenvalue weighted by Gasteiger charge is 2.16. The minimum atomic E-state index is -3.37. The van der Waals surface area contributed by atoms with Crippen molar-refractivity contribution in [1.82, 2.24) is 0 Å². The summed E-state index contributed by atoms with van der Waals surface area (Å²) in [4.78, 5) is 0.292. The number of anilines is 1. The van der Waals surface area contributed by atoms with Crippen LogP contribution in [0.1, 0.15) is 5.56 Å². The van der Waals surface area contributed by atoms with Gasteiger partial charge in [0.2, 0.25) is 0 Å². The first-order valence-electron chi connectivity index (χ1n) is 5.31. The van der Waals surface area contributed by atoms with Crippen molar-refractivity contribution in [2.24, 2.45) is 0 Å². The van der Waals surface area contributed by atoms with Crippen LogP contribution in [0.2, 0.25) is 0 Å². The predicted molar refractivity (Wildman–Crippen MR) is 75.9 cm³/mol. The van der Waals surface area contributed by atoms with E-state index in [0.29, 0.717) is 16.1 Å². The normalized spacial score (nSPS) is 11.4. The Hall–Kier alpha value is -1.33. The summed E-state index contributed by atoms with van der Waals surface area (Å²) in [6.45, 7) is 0. The largest absolute Gasteiger partial charge is 0.398 e. The molecule has 2 N–H and O–H groups in total. The molecule has 94 valence electrons. The average molecular weight is 326 g/mol. The number of para-hydroxylation sites is 1. The van der Waals surface area contributed by atoms with Crippen molar-refractivity contribution >= 4 is 31.5 Å². The third-order valence-electron chi connectivity index (χ3n) is 2.56. The second kappa shape index (κ2) is 5.12. The summed E-state index contributed by atoms with van der Waals surface area (Å²) in [6.07, 6.45) is 0. The number of nitrogen functional groups attached to an aromatic ring is 1. The molecule has 0 bridgehead atoms. The van der Waals surface area contributed by atoms with Crippen molar-refractivity contribution in [2.45, 2.75) is 10.6 Å². The Kier molecular flexibility index (Phi) is 3.73. The molecule has 3 nitrogen and oxygen atoms in total. The summed E-state index contributed by atoms with van der Waals surface area (Å²) >= 11 is 3.27. The fourth-order valence-corrected chi connectivity index (χ4v) is 3.60. The number of sulfone groups is 1. The maximum atomic E-state index is 12.2. The Morgan fingerprint density at radius 3 is 2.44 bits per heavy atom. The van der Waals surface area contributed by atoms with Gasteiger partial charge in [0.25, 0.3) is 0 Å². The minimum absolute atomic E-state index is 0.0872. The van der Waals surface area contributed by atoms with Crippen LogP contribution < -0.4 is 5.73 Å². The van der Waals surface area contributed by atoms with Gasteiger partial charge in [-0.15, -0.1) is 0 Å². The number of halogens is 1. The number of hydrogen-bond acceptors (Lipinski definition) is 3. The molecule has 0 atom stereocenters. The lowest BCUT2D eigenvalue weighted by Crippen LogP contribution is -2.06. The van der Waals surface area contributed by atoms with E-state index in [2.05, 4.69) is 15.9 Å². The Morgan fingerprint density at radius 1 is 1.06 bits per heavy atom. The van der Waals surface area contributed by atoms with Gasteiger partial charge in [-0.05, 0) is 29.8 Å². The summed E-state index contributed by atoms with van der Waals surface area (Å²) in [7, 11) is -3.37. The monoisotopic (exact) mass is 325 g/mol. The molecule has 0 fully saturated rings. The van der Waals surface area contributed by atoms with Gasteiger partial charge in [0, 0.05) is 10.2 Å². The molecule has 0 unspecified atom stereocenters. The van der Waals surface area contributed by atoms with E-state index in [9.17, 15) is 8.42 Å². The first-order valence-corrected chi connectivity index (χ1v) is 7.75. The van der Waals surface area contributed by atoms with Crippen molar-refractivity contribution in [3.05, 3.63) is 58.6 Å². The predicted octanol–water partition coefficient (Wildman–Crippen LogP) is 3.01. The summed E-state index contributed by atoms with van der Waals surface area (Å²) in [5.74, 6) is -0.0872. The van der Waals surface area contributed by atoms with E-state index < -0.39 is 9.84 Å². The van der Waals surface area contributed by atoms with Crippen LogP contribution in [0, 0.1) is 0 Å². The van der Waals surface area contributed by atoms with Crippen LogP contribution in [0.3, 0.4) is 0 Å². The molecule has 0 aliphatic heterocycles. The third kappa shape index (κ3) is 2.91. The van der Waals surface area contributed by atoms with E-state index in [0.717, 1.165) is 4.47 Å². The van der Waals surface area contributed by atoms with Gasteiger partial charge in [-0.1, -0.05) is 40.2 Å². The molecule has 0 radical (unpaired) electrons. The third-order valence-corrected chi connectivity index (χ3v) is 4.71. The molecule has 0 saturated heterocycles. The second-order valence-corrected chi connectivity index (χ2v) is 6.82. The first kappa shape index (κ1) is 13.1. The topological polar surface area (TPSA) is 60.2 Å². The van der Waals surface area contributed by atoms with Crippen LogP contribution in [0.5, 0.6) is 0 Å². The van der Waals surface area contributed by atoms with E-state index in [4.69, 9.17) is 5.73 Å². The van der Waals surface area contributed by atoms with Crippen LogP contribution in [-0.2, 0) is 15.6 Å². The highest BCUT2D eigenvalue weighted by atomic mass is 79.9. The highest BCUT2D eigenvalue weighted by Crippen LogP contribution is 2.22. The molecule has 2 aromatic rings. The fraction of sp³-hybridized carbons (Fsp3) is 0.0769. The van der Waals surface area contributed by atoms with Gasteiger partial charge in [0.15, 0.2) is 9.84 Å². The average Bonchev–Trinajstić information content (AvgIpc) is 2.32. The van der Waals surface area contributed by atoms with Gasteiger partial charge in [0.05, 0.1) is 10.6 Å². The molecule has 0 aliphatic carbocycles. The molecule has 0 amide bonds. The van der Waals surface area contributed by atoms with Gasteiger partial charge in [-0.25, -0.2) is 8.42 Å². The summed E-state index contributed by atoms with van der Waals surface area (Å²) < 4.78 is 25.2. The molecule has 0 spiro atoms. The first-order chi connectivity index (χ1) is 8.49. The molecule has 0 aliphatic rings. The van der Waals surface area contributed by atoms with Crippen molar-refractivity contribution < 1.29 is 8.42 Å². The number of benzene rings is 2. The summed E-state index contributed by atoms with van der Waals surface area (Å²) in [6, 6.07) is 13.7. The van der Waals surface area contributed by atoms with E-state index in [1.807, 2.05) is 0 Å². The Balaban J connectivity index is 2.37. The van der Waals surface area contributed by atoms with Crippen molar-refractivity contribution in [2.75, 3.05) is 5.73 Å². The van der Waals surface area contributed by atoms with Crippen LogP contribution in [-0.4, -0.2) is 8.42 Å². The van der Waals surface area contributed by atoms with Crippen LogP contribution in [0.15, 0.2) is 57.9 Å². The lowest BCUT2D eigenvalue weighted by atomic mass is 10.2. The minimum Gasteiger partial charge on any atom is -0.398 e. The smallest absolute Gasteiger partial charge is 0.182 e. The number of nitrogens with two attached hydrogens (primary N) is 1. The number of hydrogen-bond donors (Lipinski definition) is 1. The maximum absolute atomic E-state index is 12.2. The zero-order chi connectivity index (χ0) is 13.2. The Labute approximate surface area is 115 Å². The van der Waals surface area contributed by atoms with E-state index >= 15 is 0 Å². The number of rotatable bonds is 3. The zero-order valence-corrected chi connectivity index (χ0v) is 11.9. The molecule has 0 saturated carbocycles. The highest BCUT2D eigenvalue weighted by molar-refractivity contribution is 9.10. The molecule has 2 rings (SSSR count). The summed E-state index contributed by atoms with van der Waals surface area (Å²) in [5.41, 5.74) is 6.88. The van der Waals surface area contributed by atoms with Gasteiger partial charge >= 0.3 is 0 Å². The van der Waals surface area contributed by atoms with Gasteiger partial charge in [-0.2, -0.15) is 0 Å². The molecular formula is C13H12BrNO2S. The van der Waals surface area contributed by atoms with Crippen LogP contribution in [0.4, 0.5) is 5.69 Å². The van der Waals surface area contributed by atoms with E-state index in [1.54, 1.807) is 48.5 Å². The molecule has 18 heavy (non-hydrogen) atoms. The van der Waals surface area contributed by atoms with Gasteiger partial charge in [0.1, 0.15) is 0 Å². The standard InChI is InChI=1S/C13H12BrNO2S/c14-11-5-3-6-12(8-11)18(16,17)9-10-4-1-2-7-13(10)15/h1-8H,9,15H2. The Bertz CT molecular complexity index is 668. The molecule has 5 heteroatoms. The molecule has 0 heterocycles. The molecular weight excluding hydrogens is 314 g/mol. The van der Waals surface area contributed by atoms with Crippen LogP contribution >= 0.6 is 15.9 Å².